The van der Waals surface area contributed by atoms with Gasteiger partial charge in [-0.3, -0.25) is 9.10 Å². The Bertz CT molecular complexity index is 1150. The van der Waals surface area contributed by atoms with Gasteiger partial charge in [0.25, 0.3) is 15.9 Å². The van der Waals surface area contributed by atoms with Gasteiger partial charge in [-0.25, -0.2) is 12.8 Å². The predicted octanol–water partition coefficient (Wildman–Crippen LogP) is 5.32. The molecule has 0 aliphatic rings. The van der Waals surface area contributed by atoms with E-state index in [0.29, 0.717) is 5.69 Å². The number of halogens is 3. The highest BCUT2D eigenvalue weighted by Gasteiger charge is 2.24. The largest absolute Gasteiger partial charge is 0.322 e. The number of hydrogen-bond acceptors (Lipinski definition) is 3. The molecular formula is C20H15BrClFN2O3S. The molecule has 0 aliphatic carbocycles. The van der Waals surface area contributed by atoms with Crippen LogP contribution in [0.3, 0.4) is 0 Å². The zero-order valence-electron chi connectivity index (χ0n) is 15.1. The number of rotatable bonds is 5. The summed E-state index contributed by atoms with van der Waals surface area (Å²) in [6.45, 7) is 0. The Morgan fingerprint density at radius 2 is 1.66 bits per heavy atom. The average Bonchev–Trinajstić information content (AvgIpc) is 2.70. The summed E-state index contributed by atoms with van der Waals surface area (Å²) in [5.41, 5.74) is 0.830. The van der Waals surface area contributed by atoms with Crippen LogP contribution in [0.1, 0.15) is 10.4 Å². The van der Waals surface area contributed by atoms with Crippen molar-refractivity contribution in [3.8, 4) is 0 Å². The third-order valence-corrected chi connectivity index (χ3v) is 6.77. The third-order valence-electron chi connectivity index (χ3n) is 4.13. The fourth-order valence-corrected chi connectivity index (χ4v) is 4.21. The second-order valence-corrected chi connectivity index (χ2v) is 9.34. The Morgan fingerprint density at radius 3 is 2.28 bits per heavy atom. The fraction of sp³-hybridized carbons (Fsp3) is 0.0500. The second kappa shape index (κ2) is 8.52. The number of anilines is 2. The van der Waals surface area contributed by atoms with Gasteiger partial charge in [-0.1, -0.05) is 27.5 Å². The topological polar surface area (TPSA) is 66.5 Å². The van der Waals surface area contributed by atoms with E-state index in [0.717, 1.165) is 8.78 Å². The van der Waals surface area contributed by atoms with Gasteiger partial charge in [0.05, 0.1) is 21.2 Å². The van der Waals surface area contributed by atoms with Gasteiger partial charge in [0.2, 0.25) is 0 Å². The van der Waals surface area contributed by atoms with Crippen LogP contribution in [0.2, 0.25) is 5.02 Å². The smallest absolute Gasteiger partial charge is 0.264 e. The molecule has 1 N–H and O–H groups in total. The molecule has 0 unspecified atom stereocenters. The lowest BCUT2D eigenvalue weighted by atomic mass is 10.2. The average molecular weight is 498 g/mol. The summed E-state index contributed by atoms with van der Waals surface area (Å²) in [6, 6.07) is 15.8. The lowest BCUT2D eigenvalue weighted by Gasteiger charge is -2.20. The van der Waals surface area contributed by atoms with Crippen LogP contribution < -0.4 is 9.62 Å². The monoisotopic (exact) mass is 496 g/mol. The minimum absolute atomic E-state index is 0.0168. The molecule has 9 heteroatoms. The molecule has 3 rings (SSSR count). The minimum Gasteiger partial charge on any atom is -0.322 e. The van der Waals surface area contributed by atoms with Crippen LogP contribution in [0, 0.1) is 5.82 Å². The second-order valence-electron chi connectivity index (χ2n) is 6.05. The Labute approximate surface area is 181 Å². The van der Waals surface area contributed by atoms with Crippen LogP contribution in [0.4, 0.5) is 15.8 Å². The number of nitrogens with zero attached hydrogens (tertiary/aromatic N) is 1. The molecule has 0 atom stereocenters. The van der Waals surface area contributed by atoms with E-state index < -0.39 is 21.7 Å². The van der Waals surface area contributed by atoms with Gasteiger partial charge in [-0.15, -0.1) is 0 Å². The van der Waals surface area contributed by atoms with Crippen molar-refractivity contribution in [1.82, 2.24) is 0 Å². The van der Waals surface area contributed by atoms with Crippen LogP contribution >= 0.6 is 27.5 Å². The van der Waals surface area contributed by atoms with Gasteiger partial charge >= 0.3 is 0 Å². The van der Waals surface area contributed by atoms with E-state index >= 15 is 0 Å². The van der Waals surface area contributed by atoms with E-state index in [-0.39, 0.29) is 21.2 Å². The Balaban J connectivity index is 1.91. The van der Waals surface area contributed by atoms with E-state index in [1.54, 1.807) is 24.3 Å². The SMILES string of the molecule is CN(c1ccc(F)cc1)S(=O)(=O)c1ccc(Cl)c(C(=O)Nc2ccc(Br)cc2)c1. The van der Waals surface area contributed by atoms with E-state index in [1.165, 1.54) is 49.5 Å². The van der Waals surface area contributed by atoms with Crippen molar-refractivity contribution in [2.24, 2.45) is 0 Å². The first-order chi connectivity index (χ1) is 13.7. The number of hydrogen-bond donors (Lipinski definition) is 1. The van der Waals surface area contributed by atoms with Crippen molar-refractivity contribution in [1.29, 1.82) is 0 Å². The highest BCUT2D eigenvalue weighted by atomic mass is 79.9. The molecule has 0 saturated carbocycles. The number of nitrogens with one attached hydrogen (secondary N) is 1. The number of benzene rings is 3. The molecule has 0 aliphatic heterocycles. The van der Waals surface area contributed by atoms with Crippen molar-refractivity contribution >= 4 is 54.8 Å². The molecule has 5 nitrogen and oxygen atoms in total. The van der Waals surface area contributed by atoms with Gasteiger partial charge in [-0.05, 0) is 66.7 Å². The summed E-state index contributed by atoms with van der Waals surface area (Å²) in [7, 11) is -2.64. The zero-order valence-corrected chi connectivity index (χ0v) is 18.2. The third kappa shape index (κ3) is 4.77. The minimum atomic E-state index is -3.99. The highest BCUT2D eigenvalue weighted by molar-refractivity contribution is 9.10. The molecule has 0 aromatic heterocycles. The highest BCUT2D eigenvalue weighted by Crippen LogP contribution is 2.26. The van der Waals surface area contributed by atoms with Crippen molar-refractivity contribution in [3.63, 3.8) is 0 Å². The zero-order chi connectivity index (χ0) is 21.2. The molecule has 0 spiro atoms. The van der Waals surface area contributed by atoms with E-state index in [4.69, 9.17) is 11.6 Å². The lowest BCUT2D eigenvalue weighted by Crippen LogP contribution is -2.27. The Hall–Kier alpha value is -2.42. The van der Waals surface area contributed by atoms with Crippen molar-refractivity contribution in [2.75, 3.05) is 16.7 Å². The van der Waals surface area contributed by atoms with Crippen LogP contribution in [-0.4, -0.2) is 21.4 Å². The summed E-state index contributed by atoms with van der Waals surface area (Å²) in [5, 5.41) is 2.79. The maximum absolute atomic E-state index is 13.1. The molecule has 0 bridgehead atoms. The molecule has 1 amide bonds. The molecule has 0 heterocycles. The summed E-state index contributed by atoms with van der Waals surface area (Å²) in [5.74, 6) is -1.02. The molecule has 150 valence electrons. The van der Waals surface area contributed by atoms with Gasteiger partial charge in [-0.2, -0.15) is 0 Å². The number of carbonyl (C=O) groups excluding carboxylic acids is 1. The van der Waals surface area contributed by atoms with Gasteiger partial charge in [0.15, 0.2) is 0 Å². The first-order valence-corrected chi connectivity index (χ1v) is 10.9. The first-order valence-electron chi connectivity index (χ1n) is 8.29. The number of amides is 1. The predicted molar refractivity (Wildman–Crippen MR) is 116 cm³/mol. The molecule has 3 aromatic rings. The molecule has 0 radical (unpaired) electrons. The maximum atomic E-state index is 13.1. The molecular weight excluding hydrogens is 483 g/mol. The van der Waals surface area contributed by atoms with Crippen LogP contribution in [0.25, 0.3) is 0 Å². The summed E-state index contributed by atoms with van der Waals surface area (Å²) in [6.07, 6.45) is 0. The van der Waals surface area contributed by atoms with Crippen LogP contribution in [0.5, 0.6) is 0 Å². The number of carbonyl (C=O) groups is 1. The first kappa shape index (κ1) is 21.3. The molecule has 29 heavy (non-hydrogen) atoms. The van der Waals surface area contributed by atoms with E-state index in [9.17, 15) is 17.6 Å². The number of sulfonamides is 1. The van der Waals surface area contributed by atoms with Gasteiger partial charge < -0.3 is 5.32 Å². The van der Waals surface area contributed by atoms with Crippen LogP contribution in [-0.2, 0) is 10.0 Å². The van der Waals surface area contributed by atoms with Gasteiger partial charge in [0.1, 0.15) is 5.82 Å². The molecule has 0 saturated heterocycles. The van der Waals surface area contributed by atoms with Crippen molar-refractivity contribution < 1.29 is 17.6 Å². The maximum Gasteiger partial charge on any atom is 0.264 e. The summed E-state index contributed by atoms with van der Waals surface area (Å²) in [4.78, 5) is 12.5. The molecule has 0 fully saturated rings. The van der Waals surface area contributed by atoms with E-state index in [2.05, 4.69) is 21.2 Å². The standard InChI is InChI=1S/C20H15BrClFN2O3S/c1-25(16-8-4-14(23)5-9-16)29(27,28)17-10-11-19(22)18(12-17)20(26)24-15-6-2-13(21)3-7-15/h2-12H,1H3,(H,24,26). The summed E-state index contributed by atoms with van der Waals surface area (Å²) >= 11 is 9.44. The Morgan fingerprint density at radius 1 is 1.03 bits per heavy atom. The van der Waals surface area contributed by atoms with Crippen molar-refractivity contribution in [3.05, 3.63) is 87.6 Å². The van der Waals surface area contributed by atoms with Crippen molar-refractivity contribution in [2.45, 2.75) is 4.90 Å². The summed E-state index contributed by atoms with van der Waals surface area (Å²) < 4.78 is 40.9. The van der Waals surface area contributed by atoms with Gasteiger partial charge in [0, 0.05) is 17.2 Å². The lowest BCUT2D eigenvalue weighted by molar-refractivity contribution is 0.102. The fourth-order valence-electron chi connectivity index (χ4n) is 2.52. The van der Waals surface area contributed by atoms with Crippen LogP contribution in [0.15, 0.2) is 76.1 Å². The quantitative estimate of drug-likeness (QED) is 0.519. The normalized spacial score (nSPS) is 11.2. The molecule has 3 aromatic carbocycles. The van der Waals surface area contributed by atoms with E-state index in [1.807, 2.05) is 0 Å². The Kier molecular flexibility index (Phi) is 6.26.